The third-order valence-corrected chi connectivity index (χ3v) is 4.18. The van der Waals surface area contributed by atoms with Gasteiger partial charge < -0.3 is 5.73 Å². The van der Waals surface area contributed by atoms with Crippen molar-refractivity contribution >= 4 is 0 Å². The molecule has 0 aromatic heterocycles. The second kappa shape index (κ2) is 7.04. The van der Waals surface area contributed by atoms with Gasteiger partial charge in [-0.3, -0.25) is 9.80 Å². The molecule has 1 fully saturated rings. The predicted molar refractivity (Wildman–Crippen MR) is 81.1 cm³/mol. The minimum absolute atomic E-state index is 0.369. The van der Waals surface area contributed by atoms with Crippen molar-refractivity contribution in [1.82, 2.24) is 9.80 Å². The Labute approximate surface area is 117 Å². The van der Waals surface area contributed by atoms with Crippen LogP contribution < -0.4 is 5.73 Å². The quantitative estimate of drug-likeness (QED) is 0.851. The first kappa shape index (κ1) is 14.5. The van der Waals surface area contributed by atoms with Crippen LogP contribution in [0.3, 0.4) is 0 Å². The number of benzene rings is 1. The van der Waals surface area contributed by atoms with Crippen LogP contribution in [0.15, 0.2) is 30.3 Å². The molecule has 1 heterocycles. The molecule has 19 heavy (non-hydrogen) atoms. The summed E-state index contributed by atoms with van der Waals surface area (Å²) < 4.78 is 0. The van der Waals surface area contributed by atoms with E-state index < -0.39 is 0 Å². The van der Waals surface area contributed by atoms with Crippen molar-refractivity contribution in [3.8, 4) is 0 Å². The number of nitrogens with zero attached hydrogens (tertiary/aromatic N) is 2. The van der Waals surface area contributed by atoms with Gasteiger partial charge >= 0.3 is 0 Å². The topological polar surface area (TPSA) is 32.5 Å². The SMILES string of the molecule is CCN(CC)C(CN1CCC(N)C1)c1ccccc1. The van der Waals surface area contributed by atoms with Gasteiger partial charge in [-0.15, -0.1) is 0 Å². The largest absolute Gasteiger partial charge is 0.326 e. The van der Waals surface area contributed by atoms with E-state index in [1.165, 1.54) is 5.56 Å². The average molecular weight is 261 g/mol. The van der Waals surface area contributed by atoms with Crippen LogP contribution in [0.2, 0.25) is 0 Å². The summed E-state index contributed by atoms with van der Waals surface area (Å²) in [5.41, 5.74) is 7.45. The molecule has 0 aliphatic carbocycles. The number of nitrogens with two attached hydrogens (primary N) is 1. The first-order valence-electron chi connectivity index (χ1n) is 7.51. The Morgan fingerprint density at radius 2 is 1.95 bits per heavy atom. The van der Waals surface area contributed by atoms with Gasteiger partial charge in [-0.1, -0.05) is 44.2 Å². The maximum atomic E-state index is 6.03. The Balaban J connectivity index is 2.10. The summed E-state index contributed by atoms with van der Waals surface area (Å²) in [5, 5.41) is 0. The van der Waals surface area contributed by atoms with E-state index in [1.807, 2.05) is 0 Å². The molecule has 2 N–H and O–H groups in total. The van der Waals surface area contributed by atoms with E-state index in [0.29, 0.717) is 12.1 Å². The molecular weight excluding hydrogens is 234 g/mol. The van der Waals surface area contributed by atoms with Gasteiger partial charge in [0, 0.05) is 25.2 Å². The van der Waals surface area contributed by atoms with E-state index in [9.17, 15) is 0 Å². The summed E-state index contributed by atoms with van der Waals surface area (Å²) in [5.74, 6) is 0. The predicted octanol–water partition coefficient (Wildman–Crippen LogP) is 2.10. The third kappa shape index (κ3) is 3.78. The molecule has 3 nitrogen and oxygen atoms in total. The number of hydrogen-bond donors (Lipinski definition) is 1. The zero-order valence-electron chi connectivity index (χ0n) is 12.3. The maximum Gasteiger partial charge on any atom is 0.0474 e. The van der Waals surface area contributed by atoms with Crippen LogP contribution in [0, 0.1) is 0 Å². The van der Waals surface area contributed by atoms with E-state index in [4.69, 9.17) is 5.73 Å². The Kier molecular flexibility index (Phi) is 5.37. The minimum Gasteiger partial charge on any atom is -0.326 e. The van der Waals surface area contributed by atoms with Crippen molar-refractivity contribution in [2.75, 3.05) is 32.7 Å². The fourth-order valence-electron chi connectivity index (χ4n) is 3.04. The first-order chi connectivity index (χ1) is 9.24. The van der Waals surface area contributed by atoms with Crippen molar-refractivity contribution in [2.45, 2.75) is 32.4 Å². The maximum absolute atomic E-state index is 6.03. The number of likely N-dealkylation sites (tertiary alicyclic amines) is 1. The van der Waals surface area contributed by atoms with Crippen molar-refractivity contribution in [3.63, 3.8) is 0 Å². The molecule has 2 atom stereocenters. The molecule has 2 unspecified atom stereocenters. The van der Waals surface area contributed by atoms with Gasteiger partial charge in [0.1, 0.15) is 0 Å². The lowest BCUT2D eigenvalue weighted by molar-refractivity contribution is 0.163. The first-order valence-corrected chi connectivity index (χ1v) is 7.51. The molecule has 0 radical (unpaired) electrons. The number of likely N-dealkylation sites (N-methyl/N-ethyl adjacent to an activating group) is 1. The van der Waals surface area contributed by atoms with Crippen molar-refractivity contribution in [2.24, 2.45) is 5.73 Å². The normalized spacial score (nSPS) is 22.0. The summed E-state index contributed by atoms with van der Waals surface area (Å²) >= 11 is 0. The standard InChI is InChI=1S/C16H27N3/c1-3-19(4-2)16(14-8-6-5-7-9-14)13-18-11-10-15(17)12-18/h5-9,15-16H,3-4,10-13,17H2,1-2H3. The Morgan fingerprint density at radius 3 is 2.47 bits per heavy atom. The van der Waals surface area contributed by atoms with Crippen LogP contribution in [0.25, 0.3) is 0 Å². The van der Waals surface area contributed by atoms with Gasteiger partial charge in [0.2, 0.25) is 0 Å². The Bertz CT molecular complexity index is 362. The van der Waals surface area contributed by atoms with E-state index in [2.05, 4.69) is 54.0 Å². The smallest absolute Gasteiger partial charge is 0.0474 e. The third-order valence-electron chi connectivity index (χ3n) is 4.18. The lowest BCUT2D eigenvalue weighted by Crippen LogP contribution is -2.38. The molecule has 1 aliphatic rings. The fraction of sp³-hybridized carbons (Fsp3) is 0.625. The van der Waals surface area contributed by atoms with Gasteiger partial charge in [-0.2, -0.15) is 0 Å². The van der Waals surface area contributed by atoms with Crippen LogP contribution >= 0.6 is 0 Å². The molecule has 0 amide bonds. The average Bonchev–Trinajstić information content (AvgIpc) is 2.85. The van der Waals surface area contributed by atoms with Crippen LogP contribution in [0.5, 0.6) is 0 Å². The molecule has 1 aliphatic heterocycles. The van der Waals surface area contributed by atoms with E-state index in [1.54, 1.807) is 0 Å². The van der Waals surface area contributed by atoms with Crippen LogP contribution in [0.4, 0.5) is 0 Å². The molecule has 1 saturated heterocycles. The Morgan fingerprint density at radius 1 is 1.26 bits per heavy atom. The van der Waals surface area contributed by atoms with Crippen LogP contribution in [-0.2, 0) is 0 Å². The van der Waals surface area contributed by atoms with Crippen LogP contribution in [-0.4, -0.2) is 48.6 Å². The zero-order chi connectivity index (χ0) is 13.7. The van der Waals surface area contributed by atoms with E-state index in [-0.39, 0.29) is 0 Å². The lowest BCUT2D eigenvalue weighted by atomic mass is 10.0. The zero-order valence-corrected chi connectivity index (χ0v) is 12.3. The molecule has 0 bridgehead atoms. The summed E-state index contributed by atoms with van der Waals surface area (Å²) in [4.78, 5) is 5.06. The lowest BCUT2D eigenvalue weighted by Gasteiger charge is -2.33. The summed E-state index contributed by atoms with van der Waals surface area (Å²) in [6, 6.07) is 11.7. The van der Waals surface area contributed by atoms with Crippen molar-refractivity contribution in [3.05, 3.63) is 35.9 Å². The molecule has 0 spiro atoms. The second-order valence-electron chi connectivity index (χ2n) is 5.46. The van der Waals surface area contributed by atoms with E-state index >= 15 is 0 Å². The highest BCUT2D eigenvalue weighted by Crippen LogP contribution is 2.23. The minimum atomic E-state index is 0.369. The Hall–Kier alpha value is -0.900. The molecular formula is C16H27N3. The number of rotatable bonds is 6. The molecule has 106 valence electrons. The van der Waals surface area contributed by atoms with Gasteiger partial charge in [-0.05, 0) is 31.6 Å². The second-order valence-corrected chi connectivity index (χ2v) is 5.46. The highest BCUT2D eigenvalue weighted by Gasteiger charge is 2.25. The summed E-state index contributed by atoms with van der Waals surface area (Å²) in [7, 11) is 0. The fourth-order valence-corrected chi connectivity index (χ4v) is 3.04. The summed E-state index contributed by atoms with van der Waals surface area (Å²) in [6.45, 7) is 9.96. The monoisotopic (exact) mass is 261 g/mol. The highest BCUT2D eigenvalue weighted by molar-refractivity contribution is 5.19. The highest BCUT2D eigenvalue weighted by atomic mass is 15.2. The van der Waals surface area contributed by atoms with Gasteiger partial charge in [0.25, 0.3) is 0 Å². The number of hydrogen-bond acceptors (Lipinski definition) is 3. The molecule has 0 saturated carbocycles. The molecule has 2 rings (SSSR count). The summed E-state index contributed by atoms with van der Waals surface area (Å²) in [6.07, 6.45) is 1.14. The molecule has 1 aromatic carbocycles. The molecule has 1 aromatic rings. The van der Waals surface area contributed by atoms with Crippen LogP contribution in [0.1, 0.15) is 31.9 Å². The van der Waals surface area contributed by atoms with Gasteiger partial charge in [0.15, 0.2) is 0 Å². The van der Waals surface area contributed by atoms with Crippen molar-refractivity contribution < 1.29 is 0 Å². The molecule has 3 heteroatoms. The van der Waals surface area contributed by atoms with Gasteiger partial charge in [0.05, 0.1) is 0 Å². The van der Waals surface area contributed by atoms with Crippen molar-refractivity contribution in [1.29, 1.82) is 0 Å². The van der Waals surface area contributed by atoms with E-state index in [0.717, 1.165) is 39.1 Å². The van der Waals surface area contributed by atoms with Gasteiger partial charge in [-0.25, -0.2) is 0 Å².